The van der Waals surface area contributed by atoms with Crippen LogP contribution in [-0.2, 0) is 16.0 Å². The molecule has 1 saturated carbocycles. The van der Waals surface area contributed by atoms with E-state index in [2.05, 4.69) is 0 Å². The van der Waals surface area contributed by atoms with Crippen molar-refractivity contribution in [2.75, 3.05) is 26.2 Å². The van der Waals surface area contributed by atoms with E-state index in [-0.39, 0.29) is 17.7 Å². The number of carbonyl (C=O) groups is 2. The monoisotopic (exact) mass is 320 g/mol. The van der Waals surface area contributed by atoms with Crippen molar-refractivity contribution in [2.45, 2.75) is 25.7 Å². The number of amides is 2. The van der Waals surface area contributed by atoms with E-state index < -0.39 is 0 Å². The lowest BCUT2D eigenvalue weighted by molar-refractivity contribution is -0.143. The number of hydrogen-bond donors (Lipinski definition) is 0. The number of benzene rings is 1. The minimum atomic E-state index is 0.0869. The first kappa shape index (κ1) is 15.3. The summed E-state index contributed by atoms with van der Waals surface area (Å²) in [6.45, 7) is 2.57. The fourth-order valence-electron chi connectivity index (χ4n) is 3.01. The molecule has 1 saturated heterocycles. The molecule has 2 fully saturated rings. The van der Waals surface area contributed by atoms with E-state index in [0.29, 0.717) is 37.6 Å². The van der Waals surface area contributed by atoms with Gasteiger partial charge in [-0.1, -0.05) is 36.2 Å². The summed E-state index contributed by atoms with van der Waals surface area (Å²) in [5, 5.41) is 0.634. The van der Waals surface area contributed by atoms with Crippen LogP contribution in [0.2, 0.25) is 5.02 Å². The molecule has 0 radical (unpaired) electrons. The number of rotatable bonds is 3. The highest BCUT2D eigenvalue weighted by Gasteiger charge is 2.31. The Morgan fingerprint density at radius 1 is 1.05 bits per heavy atom. The molecule has 1 aliphatic carbocycles. The Morgan fingerprint density at radius 3 is 2.27 bits per heavy atom. The fourth-order valence-corrected chi connectivity index (χ4v) is 3.21. The van der Waals surface area contributed by atoms with Crippen LogP contribution in [0.1, 0.15) is 24.8 Å². The third kappa shape index (κ3) is 3.27. The summed E-state index contributed by atoms with van der Waals surface area (Å²) in [5.74, 6) is 0.610. The second kappa shape index (κ2) is 6.69. The third-order valence-electron chi connectivity index (χ3n) is 4.70. The van der Waals surface area contributed by atoms with E-state index in [0.717, 1.165) is 18.4 Å². The van der Waals surface area contributed by atoms with E-state index in [1.807, 2.05) is 28.0 Å². The predicted octanol–water partition coefficient (Wildman–Crippen LogP) is 2.35. The summed E-state index contributed by atoms with van der Waals surface area (Å²) in [4.78, 5) is 28.3. The molecular formula is C17H21ClN2O2. The minimum absolute atomic E-state index is 0.0869. The largest absolute Gasteiger partial charge is 0.339 e. The van der Waals surface area contributed by atoms with Crippen LogP contribution >= 0.6 is 11.6 Å². The summed E-state index contributed by atoms with van der Waals surface area (Å²) in [6.07, 6.45) is 3.57. The van der Waals surface area contributed by atoms with Gasteiger partial charge in [0.2, 0.25) is 11.8 Å². The molecule has 2 amide bonds. The van der Waals surface area contributed by atoms with Gasteiger partial charge in [0.05, 0.1) is 6.42 Å². The first-order valence-electron chi connectivity index (χ1n) is 7.95. The Bertz CT molecular complexity index is 564. The Kier molecular flexibility index (Phi) is 4.67. The van der Waals surface area contributed by atoms with Crippen molar-refractivity contribution in [3.05, 3.63) is 34.9 Å². The fraction of sp³-hybridized carbons (Fsp3) is 0.529. The van der Waals surface area contributed by atoms with Crippen LogP contribution < -0.4 is 0 Å². The SMILES string of the molecule is O=C(Cc1ccccc1Cl)N1CCN(C(=O)C2CCC2)CC1. The molecule has 22 heavy (non-hydrogen) atoms. The second-order valence-corrected chi connectivity index (χ2v) is 6.51. The molecule has 1 aliphatic heterocycles. The summed E-state index contributed by atoms with van der Waals surface area (Å²) in [7, 11) is 0. The molecular weight excluding hydrogens is 300 g/mol. The standard InChI is InChI=1S/C17H21ClN2O2/c18-15-7-2-1-4-14(15)12-16(21)19-8-10-20(11-9-19)17(22)13-5-3-6-13/h1-2,4,7,13H,3,5-6,8-12H2. The van der Waals surface area contributed by atoms with Crippen LogP contribution in [0.25, 0.3) is 0 Å². The zero-order chi connectivity index (χ0) is 15.5. The van der Waals surface area contributed by atoms with E-state index in [9.17, 15) is 9.59 Å². The lowest BCUT2D eigenvalue weighted by Gasteiger charge is -2.38. The maximum absolute atomic E-state index is 12.4. The van der Waals surface area contributed by atoms with Crippen LogP contribution in [0.5, 0.6) is 0 Å². The van der Waals surface area contributed by atoms with Crippen molar-refractivity contribution in [1.82, 2.24) is 9.80 Å². The van der Waals surface area contributed by atoms with Gasteiger partial charge in [-0.05, 0) is 24.5 Å². The molecule has 118 valence electrons. The molecule has 3 rings (SSSR count). The normalized spacial score (nSPS) is 19.0. The molecule has 5 heteroatoms. The van der Waals surface area contributed by atoms with Crippen molar-refractivity contribution in [1.29, 1.82) is 0 Å². The lowest BCUT2D eigenvalue weighted by atomic mass is 9.84. The predicted molar refractivity (Wildman–Crippen MR) is 85.7 cm³/mol. The number of carbonyl (C=O) groups excluding carboxylic acids is 2. The van der Waals surface area contributed by atoms with Gasteiger partial charge in [-0.15, -0.1) is 0 Å². The zero-order valence-electron chi connectivity index (χ0n) is 12.6. The number of piperazine rings is 1. The molecule has 0 aromatic heterocycles. The molecule has 0 unspecified atom stereocenters. The highest BCUT2D eigenvalue weighted by Crippen LogP contribution is 2.28. The van der Waals surface area contributed by atoms with Crippen molar-refractivity contribution in [3.8, 4) is 0 Å². The first-order valence-corrected chi connectivity index (χ1v) is 8.33. The zero-order valence-corrected chi connectivity index (χ0v) is 13.4. The molecule has 0 atom stereocenters. The average Bonchev–Trinajstić information content (AvgIpc) is 2.48. The minimum Gasteiger partial charge on any atom is -0.339 e. The maximum Gasteiger partial charge on any atom is 0.227 e. The highest BCUT2D eigenvalue weighted by molar-refractivity contribution is 6.31. The second-order valence-electron chi connectivity index (χ2n) is 6.10. The molecule has 1 aromatic rings. The van der Waals surface area contributed by atoms with Gasteiger partial charge in [-0.3, -0.25) is 9.59 Å². The average molecular weight is 321 g/mol. The number of nitrogens with zero attached hydrogens (tertiary/aromatic N) is 2. The molecule has 1 heterocycles. The summed E-state index contributed by atoms with van der Waals surface area (Å²) in [5.41, 5.74) is 0.863. The van der Waals surface area contributed by atoms with Gasteiger partial charge in [0.25, 0.3) is 0 Å². The van der Waals surface area contributed by atoms with Crippen molar-refractivity contribution >= 4 is 23.4 Å². The van der Waals surface area contributed by atoms with Gasteiger partial charge in [0, 0.05) is 37.1 Å². The molecule has 4 nitrogen and oxygen atoms in total. The third-order valence-corrected chi connectivity index (χ3v) is 5.07. The van der Waals surface area contributed by atoms with Gasteiger partial charge < -0.3 is 9.80 Å². The molecule has 0 bridgehead atoms. The van der Waals surface area contributed by atoms with Gasteiger partial charge in [0.15, 0.2) is 0 Å². The molecule has 1 aromatic carbocycles. The van der Waals surface area contributed by atoms with E-state index in [1.165, 1.54) is 6.42 Å². The van der Waals surface area contributed by atoms with Gasteiger partial charge >= 0.3 is 0 Å². The molecule has 0 N–H and O–H groups in total. The number of hydrogen-bond acceptors (Lipinski definition) is 2. The molecule has 2 aliphatic rings. The van der Waals surface area contributed by atoms with E-state index >= 15 is 0 Å². The van der Waals surface area contributed by atoms with Crippen LogP contribution in [0.15, 0.2) is 24.3 Å². The smallest absolute Gasteiger partial charge is 0.227 e. The first-order chi connectivity index (χ1) is 10.6. The van der Waals surface area contributed by atoms with Crippen molar-refractivity contribution in [3.63, 3.8) is 0 Å². The lowest BCUT2D eigenvalue weighted by Crippen LogP contribution is -2.52. The van der Waals surface area contributed by atoms with Crippen LogP contribution in [0.3, 0.4) is 0 Å². The highest BCUT2D eigenvalue weighted by atomic mass is 35.5. The quantitative estimate of drug-likeness (QED) is 0.858. The maximum atomic E-state index is 12.4. The Balaban J connectivity index is 1.51. The number of halogens is 1. The van der Waals surface area contributed by atoms with Gasteiger partial charge in [-0.25, -0.2) is 0 Å². The van der Waals surface area contributed by atoms with E-state index in [1.54, 1.807) is 6.07 Å². The summed E-state index contributed by atoms with van der Waals surface area (Å²) < 4.78 is 0. The van der Waals surface area contributed by atoms with Gasteiger partial charge in [0.1, 0.15) is 0 Å². The summed E-state index contributed by atoms with van der Waals surface area (Å²) in [6, 6.07) is 7.45. The van der Waals surface area contributed by atoms with Gasteiger partial charge in [-0.2, -0.15) is 0 Å². The van der Waals surface area contributed by atoms with Crippen molar-refractivity contribution < 1.29 is 9.59 Å². The van der Waals surface area contributed by atoms with Crippen molar-refractivity contribution in [2.24, 2.45) is 5.92 Å². The summed E-state index contributed by atoms with van der Waals surface area (Å²) >= 11 is 6.11. The van der Waals surface area contributed by atoms with Crippen LogP contribution in [-0.4, -0.2) is 47.8 Å². The topological polar surface area (TPSA) is 40.6 Å². The van der Waals surface area contributed by atoms with Crippen LogP contribution in [0, 0.1) is 5.92 Å². The molecule has 0 spiro atoms. The Hall–Kier alpha value is -1.55. The van der Waals surface area contributed by atoms with Crippen LogP contribution in [0.4, 0.5) is 0 Å². The Labute approximate surface area is 136 Å². The Morgan fingerprint density at radius 2 is 1.68 bits per heavy atom. The van der Waals surface area contributed by atoms with E-state index in [4.69, 9.17) is 11.6 Å².